The summed E-state index contributed by atoms with van der Waals surface area (Å²) in [6.45, 7) is 0. The molecule has 0 fully saturated rings. The molecule has 0 bridgehead atoms. The van der Waals surface area contributed by atoms with Crippen LogP contribution in [0.3, 0.4) is 0 Å². The third-order valence-corrected chi connectivity index (χ3v) is 4.65. The molecule has 120 valence electrons. The lowest BCUT2D eigenvalue weighted by atomic mass is 10.0. The number of furan rings is 1. The lowest BCUT2D eigenvalue weighted by molar-refractivity contribution is 0.619. The van der Waals surface area contributed by atoms with E-state index >= 15 is 0 Å². The fourth-order valence-corrected chi connectivity index (χ4v) is 3.59. The van der Waals surface area contributed by atoms with Crippen LogP contribution in [0.5, 0.6) is 0 Å². The zero-order valence-electron chi connectivity index (χ0n) is 13.2. The Kier molecular flexibility index (Phi) is 3.15. The van der Waals surface area contributed by atoms with Crippen molar-refractivity contribution in [2.75, 3.05) is 0 Å². The van der Waals surface area contributed by atoms with E-state index in [0.717, 1.165) is 38.8 Å². The summed E-state index contributed by atoms with van der Waals surface area (Å²) in [5, 5.41) is 1.56. The fraction of sp³-hybridized carbons (Fsp3) is 0. The van der Waals surface area contributed by atoms with Crippen molar-refractivity contribution < 1.29 is 4.42 Å². The van der Waals surface area contributed by atoms with E-state index in [2.05, 4.69) is 33.8 Å². The summed E-state index contributed by atoms with van der Waals surface area (Å²) in [5.41, 5.74) is 6.26. The van der Waals surface area contributed by atoms with Crippen LogP contribution in [0.4, 0.5) is 0 Å². The van der Waals surface area contributed by atoms with Crippen LogP contribution in [-0.2, 0) is 0 Å². The smallest absolute Gasteiger partial charge is 0.159 e. The number of rotatable bonds is 2. The highest BCUT2D eigenvalue weighted by molar-refractivity contribution is 6.29. The van der Waals surface area contributed by atoms with Crippen molar-refractivity contribution in [2.24, 2.45) is 0 Å². The second kappa shape index (κ2) is 5.50. The van der Waals surface area contributed by atoms with Crippen molar-refractivity contribution >= 4 is 33.6 Å². The molecule has 3 heterocycles. The fourth-order valence-electron chi connectivity index (χ4n) is 3.42. The van der Waals surface area contributed by atoms with E-state index in [4.69, 9.17) is 16.0 Å². The Labute approximate surface area is 149 Å². The van der Waals surface area contributed by atoms with Gasteiger partial charge in [-0.25, -0.2) is 4.98 Å². The number of para-hydroxylation sites is 2. The second-order valence-electron chi connectivity index (χ2n) is 5.87. The Morgan fingerprint density at radius 3 is 2.64 bits per heavy atom. The zero-order chi connectivity index (χ0) is 16.8. The molecule has 0 saturated carbocycles. The number of hydrogen-bond donors (Lipinski definition) is 0. The first-order valence-corrected chi connectivity index (χ1v) is 8.39. The van der Waals surface area contributed by atoms with Crippen LogP contribution in [0, 0.1) is 0 Å². The predicted molar refractivity (Wildman–Crippen MR) is 101 cm³/mol. The van der Waals surface area contributed by atoms with Gasteiger partial charge in [-0.15, -0.1) is 0 Å². The van der Waals surface area contributed by atoms with Gasteiger partial charge >= 0.3 is 0 Å². The molecule has 5 aromatic rings. The van der Waals surface area contributed by atoms with Gasteiger partial charge in [0.05, 0.1) is 17.3 Å². The Morgan fingerprint density at radius 2 is 1.80 bits per heavy atom. The van der Waals surface area contributed by atoms with Gasteiger partial charge in [0.1, 0.15) is 5.15 Å². The molecule has 0 spiro atoms. The molecule has 0 saturated heterocycles. The summed E-state index contributed by atoms with van der Waals surface area (Å²) >= 11 is 6.12. The molecule has 0 radical (unpaired) electrons. The predicted octanol–water partition coefficient (Wildman–Crippen LogP) is 6.09. The summed E-state index contributed by atoms with van der Waals surface area (Å²) < 4.78 is 8.02. The number of hydrogen-bond acceptors (Lipinski definition) is 2. The Morgan fingerprint density at radius 1 is 0.920 bits per heavy atom. The molecule has 2 aromatic carbocycles. The van der Waals surface area contributed by atoms with Crippen LogP contribution < -0.4 is 0 Å². The topological polar surface area (TPSA) is 31.0 Å². The van der Waals surface area contributed by atoms with Crippen molar-refractivity contribution in [1.82, 2.24) is 9.55 Å². The van der Waals surface area contributed by atoms with E-state index < -0.39 is 0 Å². The molecule has 0 aliphatic rings. The van der Waals surface area contributed by atoms with E-state index in [0.29, 0.717) is 5.15 Å². The molecule has 0 atom stereocenters. The number of halogens is 1. The Balaban J connectivity index is 1.95. The van der Waals surface area contributed by atoms with Gasteiger partial charge in [-0.3, -0.25) is 0 Å². The quantitative estimate of drug-likeness (QED) is 0.363. The first-order valence-electron chi connectivity index (χ1n) is 8.01. The van der Waals surface area contributed by atoms with Crippen molar-refractivity contribution in [1.29, 1.82) is 0 Å². The van der Waals surface area contributed by atoms with Crippen LogP contribution in [0.15, 0.2) is 83.6 Å². The lowest BCUT2D eigenvalue weighted by Crippen LogP contribution is -1.94. The minimum atomic E-state index is 0.482. The number of nitrogens with zero attached hydrogens (tertiary/aromatic N) is 2. The molecule has 0 N–H and O–H groups in total. The standard InChI is InChI=1S/C21H13ClN2O/c22-19-13-14(9-11-23-19)16-7-4-8-17-20(16)24(15-5-2-1-3-6-15)18-10-12-25-21(17)18/h1-13H. The molecule has 0 aliphatic heterocycles. The van der Waals surface area contributed by atoms with Gasteiger partial charge in [-0.2, -0.15) is 0 Å². The second-order valence-corrected chi connectivity index (χ2v) is 6.26. The number of benzene rings is 2. The molecule has 4 heteroatoms. The van der Waals surface area contributed by atoms with E-state index in [-0.39, 0.29) is 0 Å². The highest BCUT2D eigenvalue weighted by Crippen LogP contribution is 2.38. The Hall–Kier alpha value is -3.04. The van der Waals surface area contributed by atoms with E-state index in [9.17, 15) is 0 Å². The Bertz CT molecular complexity index is 1200. The molecule has 25 heavy (non-hydrogen) atoms. The normalized spacial score (nSPS) is 11.4. The van der Waals surface area contributed by atoms with Crippen LogP contribution in [-0.4, -0.2) is 9.55 Å². The third-order valence-electron chi connectivity index (χ3n) is 4.44. The highest BCUT2D eigenvalue weighted by atomic mass is 35.5. The van der Waals surface area contributed by atoms with Crippen LogP contribution in [0.2, 0.25) is 5.15 Å². The first-order chi connectivity index (χ1) is 12.3. The van der Waals surface area contributed by atoms with Gasteiger partial charge in [-0.05, 0) is 35.9 Å². The average molecular weight is 345 g/mol. The van der Waals surface area contributed by atoms with Gasteiger partial charge in [0.2, 0.25) is 0 Å². The zero-order valence-corrected chi connectivity index (χ0v) is 13.9. The number of aromatic nitrogens is 2. The van der Waals surface area contributed by atoms with Gasteiger partial charge in [0.15, 0.2) is 5.58 Å². The maximum atomic E-state index is 6.12. The molecule has 5 rings (SSSR count). The molecular formula is C21H13ClN2O. The van der Waals surface area contributed by atoms with E-state index in [1.165, 1.54) is 0 Å². The highest BCUT2D eigenvalue weighted by Gasteiger charge is 2.18. The lowest BCUT2D eigenvalue weighted by Gasteiger charge is -2.11. The summed E-state index contributed by atoms with van der Waals surface area (Å²) in [7, 11) is 0. The van der Waals surface area contributed by atoms with Crippen LogP contribution >= 0.6 is 11.6 Å². The average Bonchev–Trinajstić information content (AvgIpc) is 3.23. The van der Waals surface area contributed by atoms with E-state index in [1.54, 1.807) is 12.5 Å². The SMILES string of the molecule is Clc1cc(-c2cccc3c4occc4n(-c4ccccc4)c23)ccn1. The summed E-state index contributed by atoms with van der Waals surface area (Å²) in [6.07, 6.45) is 3.47. The minimum Gasteiger partial charge on any atom is -0.462 e. The molecule has 0 amide bonds. The first kappa shape index (κ1) is 14.3. The van der Waals surface area contributed by atoms with Gasteiger partial charge in [0, 0.05) is 28.9 Å². The maximum absolute atomic E-state index is 6.12. The van der Waals surface area contributed by atoms with Gasteiger partial charge in [-0.1, -0.05) is 41.9 Å². The third kappa shape index (κ3) is 2.17. The van der Waals surface area contributed by atoms with Crippen molar-refractivity contribution in [3.05, 3.63) is 84.3 Å². The number of fused-ring (bicyclic) bond motifs is 3. The summed E-state index contributed by atoms with van der Waals surface area (Å²) in [4.78, 5) is 4.10. The van der Waals surface area contributed by atoms with Gasteiger partial charge in [0.25, 0.3) is 0 Å². The van der Waals surface area contributed by atoms with E-state index in [1.807, 2.05) is 42.5 Å². The molecule has 3 aromatic heterocycles. The van der Waals surface area contributed by atoms with Crippen molar-refractivity contribution in [3.8, 4) is 16.8 Å². The minimum absolute atomic E-state index is 0.482. The van der Waals surface area contributed by atoms with Crippen molar-refractivity contribution in [2.45, 2.75) is 0 Å². The number of pyridine rings is 1. The van der Waals surface area contributed by atoms with Gasteiger partial charge < -0.3 is 8.98 Å². The summed E-state index contributed by atoms with van der Waals surface area (Å²) in [5.74, 6) is 0. The maximum Gasteiger partial charge on any atom is 0.159 e. The molecule has 3 nitrogen and oxygen atoms in total. The monoisotopic (exact) mass is 344 g/mol. The molecular weight excluding hydrogens is 332 g/mol. The largest absolute Gasteiger partial charge is 0.462 e. The summed E-state index contributed by atoms with van der Waals surface area (Å²) in [6, 6.07) is 22.4. The molecule has 0 unspecified atom stereocenters. The molecule has 0 aliphatic carbocycles. The van der Waals surface area contributed by atoms with Crippen molar-refractivity contribution in [3.63, 3.8) is 0 Å². The van der Waals surface area contributed by atoms with Crippen LogP contribution in [0.25, 0.3) is 38.8 Å². The van der Waals surface area contributed by atoms with Crippen LogP contribution in [0.1, 0.15) is 0 Å².